The van der Waals surface area contributed by atoms with E-state index in [1.165, 1.54) is 11.1 Å². The Kier molecular flexibility index (Phi) is 18.4. The third-order valence-corrected chi connectivity index (χ3v) is 7.87. The van der Waals surface area contributed by atoms with E-state index in [-0.39, 0.29) is 22.8 Å². The van der Waals surface area contributed by atoms with E-state index in [4.69, 9.17) is 19.5 Å². The van der Waals surface area contributed by atoms with Gasteiger partial charge in [0, 0.05) is 3.57 Å². The van der Waals surface area contributed by atoms with E-state index in [0.717, 1.165) is 14.7 Å². The van der Waals surface area contributed by atoms with Gasteiger partial charge < -0.3 is 19.5 Å². The summed E-state index contributed by atoms with van der Waals surface area (Å²) in [4.78, 5) is 23.3. The highest BCUT2D eigenvalue weighted by Crippen LogP contribution is 2.28. The normalized spacial score (nSPS) is 10.5. The Morgan fingerprint density at radius 1 is 0.625 bits per heavy atom. The maximum atomic E-state index is 12.0. The van der Waals surface area contributed by atoms with Crippen molar-refractivity contribution < 1.29 is 29.1 Å². The van der Waals surface area contributed by atoms with Crippen LogP contribution >= 0.6 is 22.6 Å². The zero-order valence-electron chi connectivity index (χ0n) is 30.1. The lowest BCUT2D eigenvalue weighted by molar-refractivity contribution is 0.0516. The molecule has 0 radical (unpaired) electrons. The molecule has 0 aliphatic carbocycles. The Bertz CT molecular complexity index is 1540. The first-order chi connectivity index (χ1) is 22.6. The molecule has 0 atom stereocenters. The van der Waals surface area contributed by atoms with Crippen LogP contribution in [0.4, 0.5) is 0 Å². The van der Waals surface area contributed by atoms with Crippen molar-refractivity contribution in [3.63, 3.8) is 0 Å². The molecule has 0 fully saturated rings. The summed E-state index contributed by atoms with van der Waals surface area (Å²) in [5.41, 5.74) is 6.44. The average Bonchev–Trinajstić information content (AvgIpc) is 3.06. The SMILES string of the molecule is CC.CC(C)(C)c1ccc(B(O)O)cc1.CCOC(=O)c1ccccc1-c1ccc(C(C)(C)C)cc1.CCOC(=O)c1ccccc1I. The van der Waals surface area contributed by atoms with Gasteiger partial charge in [0.05, 0.1) is 24.3 Å². The molecule has 4 aromatic rings. The van der Waals surface area contributed by atoms with Crippen LogP contribution in [0.1, 0.15) is 101 Å². The second-order valence-corrected chi connectivity index (χ2v) is 13.7. The molecule has 4 aromatic carbocycles. The van der Waals surface area contributed by atoms with E-state index in [0.29, 0.717) is 29.8 Å². The maximum Gasteiger partial charge on any atom is 0.488 e. The van der Waals surface area contributed by atoms with Gasteiger partial charge in [0.2, 0.25) is 0 Å². The molecule has 0 unspecified atom stereocenters. The van der Waals surface area contributed by atoms with E-state index in [2.05, 4.69) is 88.4 Å². The molecule has 0 saturated carbocycles. The number of esters is 2. The van der Waals surface area contributed by atoms with E-state index in [1.54, 1.807) is 25.1 Å². The third kappa shape index (κ3) is 13.9. The van der Waals surface area contributed by atoms with Crippen LogP contribution in [0.15, 0.2) is 97.1 Å². The largest absolute Gasteiger partial charge is 0.488 e. The maximum absolute atomic E-state index is 12.0. The lowest BCUT2D eigenvalue weighted by Crippen LogP contribution is -2.29. The highest BCUT2D eigenvalue weighted by molar-refractivity contribution is 14.1. The van der Waals surface area contributed by atoms with Gasteiger partial charge in [-0.25, -0.2) is 9.59 Å². The van der Waals surface area contributed by atoms with Gasteiger partial charge in [-0.1, -0.05) is 134 Å². The minimum Gasteiger partial charge on any atom is -0.462 e. The summed E-state index contributed by atoms with van der Waals surface area (Å²) in [5.74, 6) is -0.518. The van der Waals surface area contributed by atoms with Gasteiger partial charge in [0.15, 0.2) is 0 Å². The van der Waals surface area contributed by atoms with Crippen LogP contribution in [-0.4, -0.2) is 42.3 Å². The van der Waals surface area contributed by atoms with Gasteiger partial charge in [0.1, 0.15) is 0 Å². The number of benzene rings is 4. The number of hydrogen-bond donors (Lipinski definition) is 2. The molecule has 0 bridgehead atoms. The molecule has 6 nitrogen and oxygen atoms in total. The Morgan fingerprint density at radius 3 is 1.44 bits per heavy atom. The van der Waals surface area contributed by atoms with Crippen LogP contribution in [-0.2, 0) is 20.3 Å². The first-order valence-electron chi connectivity index (χ1n) is 16.3. The molecule has 0 aliphatic rings. The molecule has 2 N–H and O–H groups in total. The van der Waals surface area contributed by atoms with Crippen LogP contribution in [0.2, 0.25) is 0 Å². The van der Waals surface area contributed by atoms with Crippen molar-refractivity contribution in [1.29, 1.82) is 0 Å². The lowest BCUT2D eigenvalue weighted by atomic mass is 9.78. The zero-order chi connectivity index (χ0) is 36.5. The van der Waals surface area contributed by atoms with Gasteiger partial charge >= 0.3 is 19.1 Å². The first-order valence-corrected chi connectivity index (χ1v) is 17.4. The van der Waals surface area contributed by atoms with Gasteiger partial charge in [-0.15, -0.1) is 0 Å². The van der Waals surface area contributed by atoms with E-state index in [9.17, 15) is 9.59 Å². The molecule has 48 heavy (non-hydrogen) atoms. The fourth-order valence-electron chi connectivity index (χ4n) is 4.26. The molecule has 0 saturated heterocycles. The lowest BCUT2D eigenvalue weighted by Gasteiger charge is -2.19. The standard InChI is InChI=1S/C19H22O2.C10H15BO2.C9H9IO2.C2H6/c1-5-21-18(20)17-9-7-6-8-16(17)14-10-12-15(13-11-14)19(2,3)4;1-10(2,3)8-4-6-9(7-5-8)11(12)13;1-2-12-9(11)7-5-3-4-6-8(7)10;1-2/h6-13H,5H2,1-4H3;4-7,12-13H,1-3H3;3-6H,2H2,1H3;1-2H3. The average molecular weight is 767 g/mol. The number of hydrogen-bond acceptors (Lipinski definition) is 6. The summed E-state index contributed by atoms with van der Waals surface area (Å²) in [6, 6.07) is 30.6. The van der Waals surface area contributed by atoms with Crippen molar-refractivity contribution in [2.75, 3.05) is 13.2 Å². The molecule has 0 amide bonds. The Labute approximate surface area is 302 Å². The van der Waals surface area contributed by atoms with Gasteiger partial charge in [-0.05, 0) is 93.2 Å². The molecule has 0 aromatic heterocycles. The highest BCUT2D eigenvalue weighted by Gasteiger charge is 2.17. The monoisotopic (exact) mass is 766 g/mol. The van der Waals surface area contributed by atoms with Crippen molar-refractivity contribution in [1.82, 2.24) is 0 Å². The fraction of sp³-hybridized carbons (Fsp3) is 0.350. The number of rotatable bonds is 6. The van der Waals surface area contributed by atoms with E-state index in [1.807, 2.05) is 75.4 Å². The van der Waals surface area contributed by atoms with Crippen LogP contribution in [0, 0.1) is 3.57 Å². The molecule has 0 heterocycles. The summed E-state index contributed by atoms with van der Waals surface area (Å²) < 4.78 is 10.9. The summed E-state index contributed by atoms with van der Waals surface area (Å²) in [6.07, 6.45) is 0. The van der Waals surface area contributed by atoms with Crippen molar-refractivity contribution in [3.05, 3.63) is 123 Å². The van der Waals surface area contributed by atoms with Crippen LogP contribution < -0.4 is 5.46 Å². The second-order valence-electron chi connectivity index (χ2n) is 12.5. The Morgan fingerprint density at radius 2 is 1.02 bits per heavy atom. The van der Waals surface area contributed by atoms with Gasteiger partial charge in [0.25, 0.3) is 0 Å². The second kappa shape index (κ2) is 20.8. The van der Waals surface area contributed by atoms with E-state index >= 15 is 0 Å². The van der Waals surface area contributed by atoms with Crippen molar-refractivity contribution in [2.24, 2.45) is 0 Å². The minimum absolute atomic E-state index is 0.110. The summed E-state index contributed by atoms with van der Waals surface area (Å²) >= 11 is 2.11. The van der Waals surface area contributed by atoms with Crippen LogP contribution in [0.5, 0.6) is 0 Å². The molecular weight excluding hydrogens is 714 g/mol. The molecular formula is C40H52BIO6. The van der Waals surface area contributed by atoms with Crippen molar-refractivity contribution >= 4 is 47.1 Å². The molecule has 0 spiro atoms. The van der Waals surface area contributed by atoms with Gasteiger partial charge in [-0.3, -0.25) is 0 Å². The minimum atomic E-state index is -1.37. The molecule has 258 valence electrons. The van der Waals surface area contributed by atoms with E-state index < -0.39 is 7.12 Å². The molecule has 8 heteroatoms. The molecule has 0 aliphatic heterocycles. The number of carbonyl (C=O) groups is 2. The fourth-order valence-corrected chi connectivity index (χ4v) is 4.87. The Hall–Kier alpha value is -3.47. The Balaban J connectivity index is 0.000000370. The smallest absolute Gasteiger partial charge is 0.462 e. The summed E-state index contributed by atoms with van der Waals surface area (Å²) in [7, 11) is -1.37. The highest BCUT2D eigenvalue weighted by atomic mass is 127. The summed E-state index contributed by atoms with van der Waals surface area (Å²) in [5, 5.41) is 17.7. The van der Waals surface area contributed by atoms with Crippen LogP contribution in [0.3, 0.4) is 0 Å². The summed E-state index contributed by atoms with van der Waals surface area (Å²) in [6.45, 7) is 21.4. The number of ether oxygens (including phenoxy) is 2. The topological polar surface area (TPSA) is 93.1 Å². The first kappa shape index (κ1) is 42.6. The number of carbonyl (C=O) groups excluding carboxylic acids is 2. The quantitative estimate of drug-likeness (QED) is 0.116. The molecule has 4 rings (SSSR count). The number of halogens is 1. The third-order valence-electron chi connectivity index (χ3n) is 6.93. The predicted octanol–water partition coefficient (Wildman–Crippen LogP) is 8.99. The van der Waals surface area contributed by atoms with Crippen molar-refractivity contribution in [3.8, 4) is 11.1 Å². The van der Waals surface area contributed by atoms with Crippen LogP contribution in [0.25, 0.3) is 11.1 Å². The van der Waals surface area contributed by atoms with Gasteiger partial charge in [-0.2, -0.15) is 0 Å². The zero-order valence-corrected chi connectivity index (χ0v) is 32.3. The predicted molar refractivity (Wildman–Crippen MR) is 208 cm³/mol. The van der Waals surface area contributed by atoms with Crippen molar-refractivity contribution in [2.45, 2.75) is 80.1 Å².